The van der Waals surface area contributed by atoms with Crippen molar-refractivity contribution in [1.29, 1.82) is 0 Å². The molecule has 1 aromatic rings. The zero-order chi connectivity index (χ0) is 16.7. The van der Waals surface area contributed by atoms with Gasteiger partial charge in [0, 0.05) is 12.2 Å². The average Bonchev–Trinajstić information content (AvgIpc) is 2.56. The predicted molar refractivity (Wildman–Crippen MR) is 107 cm³/mol. The summed E-state index contributed by atoms with van der Waals surface area (Å²) in [7, 11) is 0. The lowest BCUT2D eigenvalue weighted by atomic mass is 9.99. The number of carbonyl (C=O) groups excluding carboxylic acids is 1. The standard InChI is InChI=1S/C18H29N3OS.ClH/c1-14-7-10-21(11-8-14)13-15-3-5-16(6-4-15)20-18(22)17(19)9-12-23-2;/h3-6,14,17H,7-13,19H2,1-2H3,(H,20,22);1H/t17-;/m0./s1. The van der Waals surface area contributed by atoms with Crippen molar-refractivity contribution < 1.29 is 4.79 Å². The monoisotopic (exact) mass is 371 g/mol. The van der Waals surface area contributed by atoms with Gasteiger partial charge in [0.15, 0.2) is 0 Å². The number of rotatable bonds is 7. The number of hydrogen-bond acceptors (Lipinski definition) is 4. The molecular weight excluding hydrogens is 342 g/mol. The maximum Gasteiger partial charge on any atom is 0.241 e. The van der Waals surface area contributed by atoms with Gasteiger partial charge in [-0.05, 0) is 68.0 Å². The fourth-order valence-corrected chi connectivity index (χ4v) is 3.27. The number of nitrogens with two attached hydrogens (primary N) is 1. The molecule has 1 aromatic carbocycles. The van der Waals surface area contributed by atoms with E-state index in [0.29, 0.717) is 6.42 Å². The minimum atomic E-state index is -0.433. The molecule has 1 atom stereocenters. The molecule has 1 aliphatic rings. The Bertz CT molecular complexity index is 490. The zero-order valence-corrected chi connectivity index (χ0v) is 16.3. The van der Waals surface area contributed by atoms with Crippen molar-refractivity contribution in [3.05, 3.63) is 29.8 Å². The van der Waals surface area contributed by atoms with Crippen LogP contribution < -0.4 is 11.1 Å². The Kier molecular flexibility index (Phi) is 9.74. The molecule has 1 heterocycles. The van der Waals surface area contributed by atoms with Gasteiger partial charge in [0.05, 0.1) is 6.04 Å². The van der Waals surface area contributed by atoms with E-state index in [2.05, 4.69) is 29.3 Å². The van der Waals surface area contributed by atoms with E-state index in [1.165, 1.54) is 31.5 Å². The first-order chi connectivity index (χ1) is 11.1. The number of nitrogens with one attached hydrogen (secondary N) is 1. The molecule has 4 nitrogen and oxygen atoms in total. The summed E-state index contributed by atoms with van der Waals surface area (Å²) in [6.45, 7) is 5.70. The van der Waals surface area contributed by atoms with Crippen molar-refractivity contribution in [2.45, 2.75) is 38.8 Å². The Morgan fingerprint density at radius 2 is 1.96 bits per heavy atom. The van der Waals surface area contributed by atoms with Gasteiger partial charge in [0.25, 0.3) is 0 Å². The van der Waals surface area contributed by atoms with Crippen molar-refractivity contribution in [3.63, 3.8) is 0 Å². The maximum absolute atomic E-state index is 12.0. The van der Waals surface area contributed by atoms with Crippen molar-refractivity contribution in [2.75, 3.05) is 30.4 Å². The van der Waals surface area contributed by atoms with Crippen LogP contribution >= 0.6 is 24.2 Å². The van der Waals surface area contributed by atoms with Crippen LogP contribution in [0.3, 0.4) is 0 Å². The van der Waals surface area contributed by atoms with Crippen LogP contribution in [0.5, 0.6) is 0 Å². The maximum atomic E-state index is 12.0. The quantitative estimate of drug-likeness (QED) is 0.771. The minimum absolute atomic E-state index is 0. The fourth-order valence-electron chi connectivity index (χ4n) is 2.78. The lowest BCUT2D eigenvalue weighted by molar-refractivity contribution is -0.117. The minimum Gasteiger partial charge on any atom is -0.325 e. The predicted octanol–water partition coefficient (Wildman–Crippen LogP) is 3.36. The summed E-state index contributed by atoms with van der Waals surface area (Å²) in [4.78, 5) is 14.5. The second-order valence-electron chi connectivity index (χ2n) is 6.53. The molecule has 0 unspecified atom stereocenters. The lowest BCUT2D eigenvalue weighted by Crippen LogP contribution is -2.36. The molecule has 1 amide bonds. The van der Waals surface area contributed by atoms with Gasteiger partial charge < -0.3 is 11.1 Å². The number of benzene rings is 1. The molecule has 1 saturated heterocycles. The molecule has 24 heavy (non-hydrogen) atoms. The van der Waals surface area contributed by atoms with Crippen LogP contribution in [-0.4, -0.2) is 41.9 Å². The van der Waals surface area contributed by atoms with Crippen LogP contribution in [0.15, 0.2) is 24.3 Å². The van der Waals surface area contributed by atoms with E-state index in [4.69, 9.17) is 5.73 Å². The molecule has 136 valence electrons. The summed E-state index contributed by atoms with van der Waals surface area (Å²) < 4.78 is 0. The van der Waals surface area contributed by atoms with Gasteiger partial charge in [-0.25, -0.2) is 0 Å². The Balaban J connectivity index is 0.00000288. The number of nitrogens with zero attached hydrogens (tertiary/aromatic N) is 1. The van der Waals surface area contributed by atoms with Gasteiger partial charge in [0.2, 0.25) is 5.91 Å². The van der Waals surface area contributed by atoms with E-state index >= 15 is 0 Å². The second kappa shape index (κ2) is 11.0. The number of halogens is 1. The molecule has 0 aromatic heterocycles. The summed E-state index contributed by atoms with van der Waals surface area (Å²) in [5.41, 5.74) is 8.00. The van der Waals surface area contributed by atoms with E-state index in [9.17, 15) is 4.79 Å². The summed E-state index contributed by atoms with van der Waals surface area (Å²) >= 11 is 1.71. The lowest BCUT2D eigenvalue weighted by Gasteiger charge is -2.30. The SMILES string of the molecule is CSCC[C@H](N)C(=O)Nc1ccc(CN2CCC(C)CC2)cc1.Cl. The highest BCUT2D eigenvalue weighted by atomic mass is 35.5. The van der Waals surface area contributed by atoms with Crippen LogP contribution in [-0.2, 0) is 11.3 Å². The third-order valence-electron chi connectivity index (χ3n) is 4.47. The van der Waals surface area contributed by atoms with Crippen LogP contribution in [0.2, 0.25) is 0 Å². The molecule has 0 saturated carbocycles. The third kappa shape index (κ3) is 7.01. The molecule has 1 fully saturated rings. The average molecular weight is 372 g/mol. The molecule has 0 aliphatic carbocycles. The van der Waals surface area contributed by atoms with E-state index in [0.717, 1.165) is 23.9 Å². The molecule has 3 N–H and O–H groups in total. The summed E-state index contributed by atoms with van der Waals surface area (Å²) in [6, 6.07) is 7.71. The Morgan fingerprint density at radius 1 is 1.33 bits per heavy atom. The molecule has 0 radical (unpaired) electrons. The van der Waals surface area contributed by atoms with E-state index in [-0.39, 0.29) is 18.3 Å². The number of carbonyl (C=O) groups is 1. The summed E-state index contributed by atoms with van der Waals surface area (Å²) in [6.07, 6.45) is 5.31. The Morgan fingerprint density at radius 3 is 2.54 bits per heavy atom. The number of amides is 1. The van der Waals surface area contributed by atoms with Gasteiger partial charge >= 0.3 is 0 Å². The van der Waals surface area contributed by atoms with Crippen LogP contribution in [0.1, 0.15) is 31.7 Å². The highest BCUT2D eigenvalue weighted by Crippen LogP contribution is 2.19. The number of hydrogen-bond donors (Lipinski definition) is 2. The largest absolute Gasteiger partial charge is 0.325 e. The van der Waals surface area contributed by atoms with Crippen molar-refractivity contribution in [1.82, 2.24) is 4.90 Å². The fraction of sp³-hybridized carbons (Fsp3) is 0.611. The molecule has 0 spiro atoms. The molecule has 6 heteroatoms. The molecule has 0 bridgehead atoms. The molecule has 1 aliphatic heterocycles. The van der Waals surface area contributed by atoms with E-state index in [1.807, 2.05) is 18.4 Å². The number of piperidine rings is 1. The second-order valence-corrected chi connectivity index (χ2v) is 7.52. The first-order valence-corrected chi connectivity index (χ1v) is 9.84. The highest BCUT2D eigenvalue weighted by Gasteiger charge is 2.16. The smallest absolute Gasteiger partial charge is 0.241 e. The first-order valence-electron chi connectivity index (χ1n) is 8.45. The van der Waals surface area contributed by atoms with Crippen molar-refractivity contribution in [3.8, 4) is 0 Å². The van der Waals surface area contributed by atoms with Crippen LogP contribution in [0.25, 0.3) is 0 Å². The van der Waals surface area contributed by atoms with Gasteiger partial charge in [-0.1, -0.05) is 19.1 Å². The zero-order valence-electron chi connectivity index (χ0n) is 14.7. The summed E-state index contributed by atoms with van der Waals surface area (Å²) in [5, 5.41) is 2.90. The normalized spacial score (nSPS) is 17.1. The van der Waals surface area contributed by atoms with Crippen molar-refractivity contribution >= 4 is 35.8 Å². The first kappa shape index (κ1) is 21.3. The van der Waals surface area contributed by atoms with Crippen LogP contribution in [0, 0.1) is 5.92 Å². The number of anilines is 1. The number of likely N-dealkylation sites (tertiary alicyclic amines) is 1. The van der Waals surface area contributed by atoms with E-state index < -0.39 is 6.04 Å². The van der Waals surface area contributed by atoms with E-state index in [1.54, 1.807) is 11.8 Å². The van der Waals surface area contributed by atoms with Gasteiger partial charge in [-0.15, -0.1) is 12.4 Å². The van der Waals surface area contributed by atoms with Gasteiger partial charge in [0.1, 0.15) is 0 Å². The van der Waals surface area contributed by atoms with Crippen molar-refractivity contribution in [2.24, 2.45) is 11.7 Å². The summed E-state index contributed by atoms with van der Waals surface area (Å²) in [5.74, 6) is 1.66. The van der Waals surface area contributed by atoms with Crippen LogP contribution in [0.4, 0.5) is 5.69 Å². The molecule has 2 rings (SSSR count). The topological polar surface area (TPSA) is 58.4 Å². The highest BCUT2D eigenvalue weighted by molar-refractivity contribution is 7.98. The molecular formula is C18H30ClN3OS. The third-order valence-corrected chi connectivity index (χ3v) is 5.12. The van der Waals surface area contributed by atoms with Gasteiger partial charge in [-0.2, -0.15) is 11.8 Å². The Hall–Kier alpha value is -0.750. The number of thioether (sulfide) groups is 1. The Labute approximate surface area is 156 Å². The van der Waals surface area contributed by atoms with Gasteiger partial charge in [-0.3, -0.25) is 9.69 Å².